The molecule has 160 valence electrons. The van der Waals surface area contributed by atoms with Crippen LogP contribution in [0, 0.1) is 0 Å². The van der Waals surface area contributed by atoms with Gasteiger partial charge in [-0.3, -0.25) is 9.36 Å². The fourth-order valence-corrected chi connectivity index (χ4v) is 3.33. The lowest BCUT2D eigenvalue weighted by atomic mass is 10.1. The van der Waals surface area contributed by atoms with E-state index in [4.69, 9.17) is 15.6 Å². The van der Waals surface area contributed by atoms with Crippen LogP contribution in [0.25, 0.3) is 11.2 Å². The number of nitrogens with two attached hydrogens (primary N) is 1. The monoisotopic (exact) mass is 409 g/mol. The molecule has 2 aromatic rings. The molecule has 5 atom stereocenters. The van der Waals surface area contributed by atoms with E-state index in [1.807, 2.05) is 11.8 Å². The van der Waals surface area contributed by atoms with Gasteiger partial charge in [-0.15, -0.1) is 0 Å². The normalized spacial score (nSPS) is 25.6. The SMILES string of the molecule is CCNc1ncnc2c1ncn2[C@@H]1O[C@H](CN(C)CC[C@H](N)C(=O)O)[C@H](O)[C@H]1O. The number of imidazole rings is 1. The Bertz CT molecular complexity index is 847. The minimum absolute atomic E-state index is 0.261. The highest BCUT2D eigenvalue weighted by molar-refractivity contribution is 5.82. The van der Waals surface area contributed by atoms with Gasteiger partial charge in [0, 0.05) is 13.1 Å². The number of fused-ring (bicyclic) bond motifs is 1. The number of nitrogens with zero attached hydrogens (tertiary/aromatic N) is 5. The second-order valence-electron chi connectivity index (χ2n) is 7.12. The molecule has 12 nitrogen and oxygen atoms in total. The van der Waals surface area contributed by atoms with Gasteiger partial charge >= 0.3 is 5.97 Å². The summed E-state index contributed by atoms with van der Waals surface area (Å²) in [5, 5.41) is 33.0. The van der Waals surface area contributed by atoms with Gasteiger partial charge in [-0.2, -0.15) is 0 Å². The molecule has 1 aliphatic heterocycles. The van der Waals surface area contributed by atoms with Crippen LogP contribution in [-0.4, -0.2) is 96.7 Å². The van der Waals surface area contributed by atoms with E-state index in [2.05, 4.69) is 20.3 Å². The Morgan fingerprint density at radius 2 is 2.14 bits per heavy atom. The van der Waals surface area contributed by atoms with Crippen LogP contribution in [0.15, 0.2) is 12.7 Å². The Hall–Kier alpha value is -2.38. The number of nitrogens with one attached hydrogen (secondary N) is 1. The third-order valence-corrected chi connectivity index (χ3v) is 4.94. The molecular weight excluding hydrogens is 382 g/mol. The van der Waals surface area contributed by atoms with Gasteiger partial charge in [0.25, 0.3) is 0 Å². The first-order chi connectivity index (χ1) is 13.8. The fraction of sp³-hybridized carbons (Fsp3) is 0.647. The third kappa shape index (κ3) is 4.46. The van der Waals surface area contributed by atoms with E-state index >= 15 is 0 Å². The minimum Gasteiger partial charge on any atom is -0.480 e. The zero-order chi connectivity index (χ0) is 21.1. The number of carboxylic acids is 1. The van der Waals surface area contributed by atoms with Crippen LogP contribution in [-0.2, 0) is 9.53 Å². The number of aliphatic hydroxyl groups excluding tert-OH is 2. The van der Waals surface area contributed by atoms with Crippen molar-refractivity contribution in [1.82, 2.24) is 24.4 Å². The van der Waals surface area contributed by atoms with E-state index in [1.165, 1.54) is 12.7 Å². The molecule has 12 heteroatoms. The van der Waals surface area contributed by atoms with Crippen LogP contribution < -0.4 is 11.1 Å². The van der Waals surface area contributed by atoms with Crippen molar-refractivity contribution in [3.8, 4) is 0 Å². The van der Waals surface area contributed by atoms with Crippen LogP contribution in [0.1, 0.15) is 19.6 Å². The van der Waals surface area contributed by atoms with Crippen molar-refractivity contribution in [3.63, 3.8) is 0 Å². The number of carbonyl (C=O) groups is 1. The summed E-state index contributed by atoms with van der Waals surface area (Å²) in [5.74, 6) is -0.479. The number of rotatable bonds is 9. The predicted molar refractivity (Wildman–Crippen MR) is 103 cm³/mol. The lowest BCUT2D eigenvalue weighted by Gasteiger charge is -2.23. The third-order valence-electron chi connectivity index (χ3n) is 4.94. The molecule has 0 bridgehead atoms. The summed E-state index contributed by atoms with van der Waals surface area (Å²) in [6.07, 6.45) is -0.677. The van der Waals surface area contributed by atoms with Gasteiger partial charge in [0.05, 0.1) is 6.33 Å². The summed E-state index contributed by atoms with van der Waals surface area (Å²) in [5.41, 5.74) is 6.55. The van der Waals surface area contributed by atoms with Crippen molar-refractivity contribution in [2.75, 3.05) is 32.0 Å². The number of hydrogen-bond acceptors (Lipinski definition) is 10. The first-order valence-corrected chi connectivity index (χ1v) is 9.43. The summed E-state index contributed by atoms with van der Waals surface area (Å²) in [4.78, 5) is 25.4. The van der Waals surface area contributed by atoms with Crippen molar-refractivity contribution in [2.24, 2.45) is 5.73 Å². The van der Waals surface area contributed by atoms with E-state index in [1.54, 1.807) is 11.6 Å². The van der Waals surface area contributed by atoms with Crippen LogP contribution in [0.3, 0.4) is 0 Å². The van der Waals surface area contributed by atoms with Gasteiger partial charge in [-0.1, -0.05) is 0 Å². The Labute approximate surface area is 167 Å². The molecule has 0 spiro atoms. The number of hydrogen-bond donors (Lipinski definition) is 5. The summed E-state index contributed by atoms with van der Waals surface area (Å²) < 4.78 is 7.49. The smallest absolute Gasteiger partial charge is 0.320 e. The van der Waals surface area contributed by atoms with E-state index in [0.717, 1.165) is 0 Å². The largest absolute Gasteiger partial charge is 0.480 e. The molecule has 1 aliphatic rings. The van der Waals surface area contributed by atoms with Gasteiger partial charge in [0.15, 0.2) is 23.2 Å². The van der Waals surface area contributed by atoms with Crippen LogP contribution in [0.4, 0.5) is 5.82 Å². The maximum atomic E-state index is 10.8. The number of anilines is 1. The standard InChI is InChI=1S/C17H27N7O5/c1-3-19-14-11-15(21-7-20-14)24(8-22-11)16-13(26)12(25)10(29-16)6-23(2)5-4-9(18)17(27)28/h7-10,12-13,16,25-26H,3-6,18H2,1-2H3,(H,27,28)(H,19,20,21)/t9-,10+,12-,13+,16+/m0/s1. The maximum Gasteiger partial charge on any atom is 0.320 e. The highest BCUT2D eigenvalue weighted by Gasteiger charge is 2.44. The first-order valence-electron chi connectivity index (χ1n) is 9.43. The number of ether oxygens (including phenoxy) is 1. The van der Waals surface area contributed by atoms with Crippen LogP contribution >= 0.6 is 0 Å². The number of aliphatic carboxylic acids is 1. The Kier molecular flexibility index (Phi) is 6.59. The molecule has 1 fully saturated rings. The molecule has 0 unspecified atom stereocenters. The van der Waals surface area contributed by atoms with Gasteiger partial charge in [0.1, 0.15) is 30.7 Å². The molecule has 2 aromatic heterocycles. The Balaban J connectivity index is 1.70. The predicted octanol–water partition coefficient (Wildman–Crippen LogP) is -1.39. The number of aliphatic hydroxyl groups is 2. The molecule has 0 aliphatic carbocycles. The Morgan fingerprint density at radius 1 is 1.38 bits per heavy atom. The van der Waals surface area contributed by atoms with E-state index in [0.29, 0.717) is 36.6 Å². The molecular formula is C17H27N7O5. The topological polar surface area (TPSA) is 172 Å². The van der Waals surface area contributed by atoms with Crippen molar-refractivity contribution >= 4 is 23.0 Å². The summed E-state index contributed by atoms with van der Waals surface area (Å²) >= 11 is 0. The van der Waals surface area contributed by atoms with Gasteiger partial charge in [-0.05, 0) is 26.9 Å². The second kappa shape index (κ2) is 8.97. The molecule has 3 heterocycles. The molecule has 29 heavy (non-hydrogen) atoms. The average molecular weight is 409 g/mol. The summed E-state index contributed by atoms with van der Waals surface area (Å²) in [6.45, 7) is 3.31. The lowest BCUT2D eigenvalue weighted by Crippen LogP contribution is -2.40. The van der Waals surface area contributed by atoms with Gasteiger partial charge in [-0.25, -0.2) is 15.0 Å². The molecule has 0 saturated carbocycles. The fourth-order valence-electron chi connectivity index (χ4n) is 3.33. The molecule has 6 N–H and O–H groups in total. The number of carboxylic acid groups (broad SMARTS) is 1. The Morgan fingerprint density at radius 3 is 2.83 bits per heavy atom. The molecule has 0 aromatic carbocycles. The van der Waals surface area contributed by atoms with Gasteiger partial charge in [0.2, 0.25) is 0 Å². The lowest BCUT2D eigenvalue weighted by molar-refractivity contribution is -0.138. The number of likely N-dealkylation sites (N-methyl/N-ethyl adjacent to an activating group) is 1. The quantitative estimate of drug-likeness (QED) is 0.330. The highest BCUT2D eigenvalue weighted by Crippen LogP contribution is 2.32. The first kappa shape index (κ1) is 21.3. The molecule has 3 rings (SSSR count). The zero-order valence-electron chi connectivity index (χ0n) is 16.3. The zero-order valence-corrected chi connectivity index (χ0v) is 16.3. The summed E-state index contributed by atoms with van der Waals surface area (Å²) in [6, 6.07) is -0.951. The average Bonchev–Trinajstić information content (AvgIpc) is 3.23. The van der Waals surface area contributed by atoms with E-state index in [9.17, 15) is 15.0 Å². The van der Waals surface area contributed by atoms with Crippen LogP contribution in [0.2, 0.25) is 0 Å². The van der Waals surface area contributed by atoms with Crippen molar-refractivity contribution in [3.05, 3.63) is 12.7 Å². The molecule has 1 saturated heterocycles. The van der Waals surface area contributed by atoms with Crippen molar-refractivity contribution in [2.45, 2.75) is 43.9 Å². The minimum atomic E-state index is -1.18. The summed E-state index contributed by atoms with van der Waals surface area (Å²) in [7, 11) is 1.77. The number of aromatic nitrogens is 4. The van der Waals surface area contributed by atoms with Crippen molar-refractivity contribution in [1.29, 1.82) is 0 Å². The van der Waals surface area contributed by atoms with E-state index in [-0.39, 0.29) is 6.42 Å². The maximum absolute atomic E-state index is 10.8. The molecule has 0 radical (unpaired) electrons. The second-order valence-corrected chi connectivity index (χ2v) is 7.12. The highest BCUT2D eigenvalue weighted by atomic mass is 16.6. The van der Waals surface area contributed by atoms with Crippen LogP contribution in [0.5, 0.6) is 0 Å². The van der Waals surface area contributed by atoms with Crippen molar-refractivity contribution < 1.29 is 24.9 Å². The molecule has 0 amide bonds. The van der Waals surface area contributed by atoms with E-state index < -0.39 is 36.6 Å². The van der Waals surface area contributed by atoms with Gasteiger partial charge < -0.3 is 36.0 Å².